The van der Waals surface area contributed by atoms with Gasteiger partial charge in [-0.1, -0.05) is 54.0 Å². The van der Waals surface area contributed by atoms with E-state index in [0.717, 1.165) is 10.2 Å². The van der Waals surface area contributed by atoms with E-state index in [0.29, 0.717) is 6.10 Å². The zero-order chi connectivity index (χ0) is 12.8. The number of benzene rings is 1. The van der Waals surface area contributed by atoms with Gasteiger partial charge in [0.25, 0.3) is 0 Å². The molecule has 1 aliphatic rings. The maximum Gasteiger partial charge on any atom is 0.119 e. The quantitative estimate of drug-likeness (QED) is 0.568. The Hall–Kier alpha value is -0.290. The van der Waals surface area contributed by atoms with Crippen LogP contribution >= 0.6 is 22.6 Å². The van der Waals surface area contributed by atoms with Gasteiger partial charge in [0.2, 0.25) is 0 Å². The number of hydrogen-bond acceptors (Lipinski definition) is 2. The van der Waals surface area contributed by atoms with Crippen LogP contribution in [0.3, 0.4) is 0 Å². The molecule has 3 heteroatoms. The molecule has 1 aliphatic carbocycles. The van der Waals surface area contributed by atoms with Crippen LogP contribution in [0.4, 0.5) is 0 Å². The van der Waals surface area contributed by atoms with E-state index in [2.05, 4.69) is 34.7 Å². The zero-order valence-electron chi connectivity index (χ0n) is 10.9. The highest BCUT2D eigenvalue weighted by atomic mass is 127. The molecule has 0 aromatic heterocycles. The predicted octanol–water partition coefficient (Wildman–Crippen LogP) is 4.52. The minimum Gasteiger partial charge on any atom is -0.497 e. The summed E-state index contributed by atoms with van der Waals surface area (Å²) in [5.41, 5.74) is 1.23. The normalized spacial score (nSPS) is 18.6. The van der Waals surface area contributed by atoms with E-state index in [-0.39, 0.29) is 6.10 Å². The highest BCUT2D eigenvalue weighted by Crippen LogP contribution is 2.29. The first-order chi connectivity index (χ1) is 8.83. The monoisotopic (exact) mass is 360 g/mol. The first kappa shape index (κ1) is 14.1. The van der Waals surface area contributed by atoms with Crippen LogP contribution in [0, 0.1) is 0 Å². The van der Waals surface area contributed by atoms with Crippen molar-refractivity contribution in [3.63, 3.8) is 0 Å². The van der Waals surface area contributed by atoms with Gasteiger partial charge in [-0.15, -0.1) is 0 Å². The smallest absolute Gasteiger partial charge is 0.119 e. The summed E-state index contributed by atoms with van der Waals surface area (Å²) in [6.45, 7) is 0. The van der Waals surface area contributed by atoms with Crippen molar-refractivity contribution in [3.8, 4) is 5.75 Å². The number of halogens is 1. The van der Waals surface area contributed by atoms with E-state index >= 15 is 0 Å². The second-order valence-corrected chi connectivity index (χ2v) is 5.70. The van der Waals surface area contributed by atoms with Crippen LogP contribution in [0.25, 0.3) is 0 Å². The summed E-state index contributed by atoms with van der Waals surface area (Å²) in [6.07, 6.45) is 7.09. The third-order valence-corrected chi connectivity index (χ3v) is 4.31. The second kappa shape index (κ2) is 7.34. The number of methoxy groups -OCH3 is 1. The van der Waals surface area contributed by atoms with Gasteiger partial charge in [0.1, 0.15) is 5.75 Å². The summed E-state index contributed by atoms with van der Waals surface area (Å²) in [6, 6.07) is 8.24. The molecule has 100 valence electrons. The Morgan fingerprint density at radius 1 is 1.28 bits per heavy atom. The highest BCUT2D eigenvalue weighted by molar-refractivity contribution is 14.1. The van der Waals surface area contributed by atoms with Crippen molar-refractivity contribution in [1.29, 1.82) is 0 Å². The van der Waals surface area contributed by atoms with Gasteiger partial charge in [0.05, 0.1) is 19.3 Å². The van der Waals surface area contributed by atoms with Crippen molar-refractivity contribution >= 4 is 22.6 Å². The lowest BCUT2D eigenvalue weighted by Gasteiger charge is -2.27. The molecule has 0 aliphatic heterocycles. The second-order valence-electron chi connectivity index (χ2n) is 4.82. The Labute approximate surface area is 123 Å². The molecule has 0 bridgehead atoms. The average molecular weight is 360 g/mol. The van der Waals surface area contributed by atoms with Crippen LogP contribution in [0.2, 0.25) is 0 Å². The lowest BCUT2D eigenvalue weighted by atomic mass is 9.97. The predicted molar refractivity (Wildman–Crippen MR) is 82.6 cm³/mol. The summed E-state index contributed by atoms with van der Waals surface area (Å²) >= 11 is 2.41. The molecule has 1 saturated carbocycles. The van der Waals surface area contributed by atoms with E-state index in [1.54, 1.807) is 7.11 Å². The van der Waals surface area contributed by atoms with Crippen molar-refractivity contribution in [1.82, 2.24) is 0 Å². The molecule has 1 aromatic carbocycles. The van der Waals surface area contributed by atoms with E-state index < -0.39 is 0 Å². The van der Waals surface area contributed by atoms with Gasteiger partial charge in [0.15, 0.2) is 0 Å². The molecule has 1 unspecified atom stereocenters. The number of rotatable bonds is 5. The molecule has 1 atom stereocenters. The third-order valence-electron chi connectivity index (χ3n) is 3.51. The Bertz CT molecular complexity index is 361. The minimum absolute atomic E-state index is 0.198. The Kier molecular flexibility index (Phi) is 5.76. The van der Waals surface area contributed by atoms with Crippen LogP contribution in [-0.4, -0.2) is 17.6 Å². The van der Waals surface area contributed by atoms with Gasteiger partial charge in [-0.25, -0.2) is 0 Å². The first-order valence-corrected chi connectivity index (χ1v) is 8.21. The molecular weight excluding hydrogens is 339 g/mol. The maximum atomic E-state index is 6.26. The molecular formula is C15H21IO2. The fraction of sp³-hybridized carbons (Fsp3) is 0.600. The van der Waals surface area contributed by atoms with Crippen LogP contribution in [0.15, 0.2) is 24.3 Å². The van der Waals surface area contributed by atoms with Gasteiger partial charge in [-0.2, -0.15) is 0 Å². The molecule has 0 radical (unpaired) electrons. The number of alkyl halides is 1. The summed E-state index contributed by atoms with van der Waals surface area (Å²) in [5.74, 6) is 0.912. The fourth-order valence-corrected chi connectivity index (χ4v) is 3.20. The zero-order valence-corrected chi connectivity index (χ0v) is 13.1. The first-order valence-electron chi connectivity index (χ1n) is 6.69. The van der Waals surface area contributed by atoms with Crippen molar-refractivity contribution in [3.05, 3.63) is 29.8 Å². The summed E-state index contributed by atoms with van der Waals surface area (Å²) in [4.78, 5) is 0. The highest BCUT2D eigenvalue weighted by Gasteiger charge is 2.20. The minimum atomic E-state index is 0.198. The average Bonchev–Trinajstić information content (AvgIpc) is 2.46. The SMILES string of the molecule is COc1cccc(C(CI)OC2CCCCC2)c1. The molecule has 0 heterocycles. The van der Waals surface area contributed by atoms with Gasteiger partial charge in [-0.05, 0) is 30.5 Å². The third kappa shape index (κ3) is 3.85. The van der Waals surface area contributed by atoms with Crippen LogP contribution < -0.4 is 4.74 Å². The van der Waals surface area contributed by atoms with Gasteiger partial charge >= 0.3 is 0 Å². The fourth-order valence-electron chi connectivity index (χ4n) is 2.48. The maximum absolute atomic E-state index is 6.26. The van der Waals surface area contributed by atoms with Crippen molar-refractivity contribution in [2.45, 2.75) is 44.3 Å². The molecule has 1 aromatic rings. The molecule has 0 spiro atoms. The summed E-state index contributed by atoms with van der Waals surface area (Å²) in [5, 5.41) is 0. The molecule has 0 amide bonds. The standard InChI is InChI=1S/C15H21IO2/c1-17-14-9-5-6-12(10-14)15(11-16)18-13-7-3-2-4-8-13/h5-6,9-10,13,15H,2-4,7-8,11H2,1H3. The Balaban J connectivity index is 2.02. The van der Waals surface area contributed by atoms with Crippen molar-refractivity contribution in [2.24, 2.45) is 0 Å². The molecule has 0 saturated heterocycles. The molecule has 2 nitrogen and oxygen atoms in total. The Morgan fingerprint density at radius 3 is 2.72 bits per heavy atom. The largest absolute Gasteiger partial charge is 0.497 e. The van der Waals surface area contributed by atoms with E-state index in [1.165, 1.54) is 37.7 Å². The van der Waals surface area contributed by atoms with Gasteiger partial charge < -0.3 is 9.47 Å². The van der Waals surface area contributed by atoms with Gasteiger partial charge in [-0.3, -0.25) is 0 Å². The topological polar surface area (TPSA) is 18.5 Å². The summed E-state index contributed by atoms with van der Waals surface area (Å²) < 4.78 is 12.5. The molecule has 0 N–H and O–H groups in total. The Morgan fingerprint density at radius 2 is 2.06 bits per heavy atom. The van der Waals surface area contributed by atoms with Crippen LogP contribution in [0.1, 0.15) is 43.8 Å². The molecule has 1 fully saturated rings. The van der Waals surface area contributed by atoms with Crippen LogP contribution in [0.5, 0.6) is 5.75 Å². The summed E-state index contributed by atoms with van der Waals surface area (Å²) in [7, 11) is 1.71. The van der Waals surface area contributed by atoms with Gasteiger partial charge in [0, 0.05) is 4.43 Å². The number of hydrogen-bond donors (Lipinski definition) is 0. The van der Waals surface area contributed by atoms with E-state index in [1.807, 2.05) is 12.1 Å². The lowest BCUT2D eigenvalue weighted by Crippen LogP contribution is -2.20. The van der Waals surface area contributed by atoms with Crippen molar-refractivity contribution < 1.29 is 9.47 Å². The lowest BCUT2D eigenvalue weighted by molar-refractivity contribution is -0.0186. The van der Waals surface area contributed by atoms with E-state index in [4.69, 9.17) is 9.47 Å². The van der Waals surface area contributed by atoms with Crippen LogP contribution in [-0.2, 0) is 4.74 Å². The van der Waals surface area contributed by atoms with Crippen molar-refractivity contribution in [2.75, 3.05) is 11.5 Å². The molecule has 18 heavy (non-hydrogen) atoms. The molecule has 2 rings (SSSR count). The van der Waals surface area contributed by atoms with E-state index in [9.17, 15) is 0 Å². The number of ether oxygens (including phenoxy) is 2.